The second-order valence-electron chi connectivity index (χ2n) is 6.78. The molecule has 1 unspecified atom stereocenters. The van der Waals surface area contributed by atoms with Gasteiger partial charge in [-0.05, 0) is 61.7 Å². The van der Waals surface area contributed by atoms with Gasteiger partial charge in [-0.3, -0.25) is 4.79 Å². The summed E-state index contributed by atoms with van der Waals surface area (Å²) in [5, 5.41) is 3.82. The van der Waals surface area contributed by atoms with Crippen molar-refractivity contribution in [1.29, 1.82) is 0 Å². The minimum Gasteiger partial charge on any atom is -0.492 e. The molecule has 2 aromatic carbocycles. The molecule has 1 heterocycles. The van der Waals surface area contributed by atoms with Crippen molar-refractivity contribution < 1.29 is 17.9 Å². The third-order valence-electron chi connectivity index (χ3n) is 4.74. The monoisotopic (exact) mass is 456 g/mol. The molecule has 1 aliphatic heterocycles. The molecule has 1 amide bonds. The summed E-state index contributed by atoms with van der Waals surface area (Å²) in [5.74, 6) is 0.285. The van der Waals surface area contributed by atoms with Crippen molar-refractivity contribution in [2.75, 3.05) is 19.7 Å². The Morgan fingerprint density at radius 3 is 2.62 bits per heavy atom. The van der Waals surface area contributed by atoms with E-state index in [0.717, 1.165) is 5.56 Å². The van der Waals surface area contributed by atoms with Crippen molar-refractivity contribution in [2.45, 2.75) is 30.7 Å². The normalized spacial score (nSPS) is 17.3. The van der Waals surface area contributed by atoms with Gasteiger partial charge in [0, 0.05) is 16.6 Å². The first-order valence-electron chi connectivity index (χ1n) is 9.23. The van der Waals surface area contributed by atoms with Gasteiger partial charge in [0.1, 0.15) is 18.4 Å². The predicted molar refractivity (Wildman–Crippen MR) is 113 cm³/mol. The fourth-order valence-corrected chi connectivity index (χ4v) is 5.11. The third-order valence-corrected chi connectivity index (χ3v) is 7.32. The van der Waals surface area contributed by atoms with Gasteiger partial charge >= 0.3 is 0 Å². The van der Waals surface area contributed by atoms with E-state index < -0.39 is 16.1 Å². The molecule has 0 bridgehead atoms. The van der Waals surface area contributed by atoms with Gasteiger partial charge in [0.25, 0.3) is 0 Å². The molecule has 1 fully saturated rings. The van der Waals surface area contributed by atoms with E-state index in [0.29, 0.717) is 35.2 Å². The van der Waals surface area contributed by atoms with Gasteiger partial charge in [-0.15, -0.1) is 0 Å². The van der Waals surface area contributed by atoms with Crippen molar-refractivity contribution in [3.05, 3.63) is 58.1 Å². The number of hydrogen-bond donors (Lipinski definition) is 1. The van der Waals surface area contributed by atoms with Gasteiger partial charge < -0.3 is 10.1 Å². The lowest BCUT2D eigenvalue weighted by Crippen LogP contribution is -2.46. The summed E-state index contributed by atoms with van der Waals surface area (Å²) in [6.45, 7) is 2.72. The number of hydrogen-bond acceptors (Lipinski definition) is 4. The highest BCUT2D eigenvalue weighted by Crippen LogP contribution is 2.27. The lowest BCUT2D eigenvalue weighted by molar-refractivity contribution is -0.124. The first-order valence-corrected chi connectivity index (χ1v) is 11.4. The molecule has 1 aliphatic rings. The van der Waals surface area contributed by atoms with Crippen molar-refractivity contribution in [1.82, 2.24) is 9.62 Å². The van der Waals surface area contributed by atoms with E-state index in [2.05, 4.69) is 5.32 Å². The molecule has 2 aromatic rings. The first-order chi connectivity index (χ1) is 13.8. The predicted octanol–water partition coefficient (Wildman–Crippen LogP) is 3.65. The highest BCUT2D eigenvalue weighted by atomic mass is 35.5. The first kappa shape index (κ1) is 21.9. The zero-order valence-corrected chi connectivity index (χ0v) is 18.2. The number of nitrogens with zero attached hydrogens (tertiary/aromatic N) is 1. The highest BCUT2D eigenvalue weighted by molar-refractivity contribution is 7.89. The Bertz CT molecular complexity index is 980. The van der Waals surface area contributed by atoms with Crippen LogP contribution in [0.15, 0.2) is 47.4 Å². The highest BCUT2D eigenvalue weighted by Gasteiger charge is 2.39. The third kappa shape index (κ3) is 5.22. The van der Waals surface area contributed by atoms with Crippen LogP contribution in [0.1, 0.15) is 18.4 Å². The molecule has 3 rings (SSSR count). The molecule has 9 heteroatoms. The Morgan fingerprint density at radius 1 is 1.21 bits per heavy atom. The van der Waals surface area contributed by atoms with Crippen molar-refractivity contribution >= 4 is 39.1 Å². The van der Waals surface area contributed by atoms with Gasteiger partial charge in [0.05, 0.1) is 11.4 Å². The molecule has 6 nitrogen and oxygen atoms in total. The van der Waals surface area contributed by atoms with E-state index in [1.807, 2.05) is 13.0 Å². The summed E-state index contributed by atoms with van der Waals surface area (Å²) in [6, 6.07) is 10.6. The standard InChI is InChI=1S/C20H22Cl2N2O4S/c1-14-4-7-16(13-18(14)22)28-12-10-23-20(25)19-3-2-11-24(19)29(26,27)17-8-5-15(21)6-9-17/h4-9,13,19H,2-3,10-12H2,1H3,(H,23,25). The van der Waals surface area contributed by atoms with Crippen LogP contribution in [0.2, 0.25) is 10.0 Å². The van der Waals surface area contributed by atoms with E-state index in [4.69, 9.17) is 27.9 Å². The summed E-state index contributed by atoms with van der Waals surface area (Å²) >= 11 is 11.9. The molecule has 29 heavy (non-hydrogen) atoms. The summed E-state index contributed by atoms with van der Waals surface area (Å²) in [5.41, 5.74) is 0.954. The number of amides is 1. The number of benzene rings is 2. The minimum atomic E-state index is -3.76. The van der Waals surface area contributed by atoms with Crippen LogP contribution in [0.25, 0.3) is 0 Å². The Balaban J connectivity index is 1.57. The fraction of sp³-hybridized carbons (Fsp3) is 0.350. The molecule has 0 spiro atoms. The Labute approximate surface area is 180 Å². The Hall–Kier alpha value is -1.80. The molecule has 0 saturated carbocycles. The zero-order chi connectivity index (χ0) is 21.0. The molecule has 1 atom stereocenters. The lowest BCUT2D eigenvalue weighted by Gasteiger charge is -2.23. The van der Waals surface area contributed by atoms with Crippen LogP contribution in [0, 0.1) is 6.92 Å². The maximum atomic E-state index is 12.9. The molecule has 1 saturated heterocycles. The second-order valence-corrected chi connectivity index (χ2v) is 9.51. The van der Waals surface area contributed by atoms with E-state index >= 15 is 0 Å². The molecule has 0 radical (unpaired) electrons. The molecule has 0 aromatic heterocycles. The van der Waals surface area contributed by atoms with Gasteiger partial charge in [-0.2, -0.15) is 4.31 Å². The molecule has 156 valence electrons. The van der Waals surface area contributed by atoms with Crippen LogP contribution in [-0.2, 0) is 14.8 Å². The average molecular weight is 457 g/mol. The van der Waals surface area contributed by atoms with Crippen LogP contribution in [0.3, 0.4) is 0 Å². The largest absolute Gasteiger partial charge is 0.492 e. The quantitative estimate of drug-likeness (QED) is 0.645. The summed E-state index contributed by atoms with van der Waals surface area (Å²) in [6.07, 6.45) is 1.11. The van der Waals surface area contributed by atoms with Gasteiger partial charge in [-0.25, -0.2) is 8.42 Å². The molecule has 0 aliphatic carbocycles. The number of ether oxygens (including phenoxy) is 1. The van der Waals surface area contributed by atoms with Crippen LogP contribution in [0.5, 0.6) is 5.75 Å². The van der Waals surface area contributed by atoms with Gasteiger partial charge in [-0.1, -0.05) is 29.3 Å². The van der Waals surface area contributed by atoms with Crippen LogP contribution in [0.4, 0.5) is 0 Å². The molecule has 1 N–H and O–H groups in total. The van der Waals surface area contributed by atoms with Crippen molar-refractivity contribution in [3.63, 3.8) is 0 Å². The fourth-order valence-electron chi connectivity index (χ4n) is 3.16. The Morgan fingerprint density at radius 2 is 1.93 bits per heavy atom. The van der Waals surface area contributed by atoms with Crippen LogP contribution in [-0.4, -0.2) is 44.4 Å². The van der Waals surface area contributed by atoms with Crippen molar-refractivity contribution in [2.24, 2.45) is 0 Å². The molecular formula is C20H22Cl2N2O4S. The number of carbonyl (C=O) groups excluding carboxylic acids is 1. The van der Waals surface area contributed by atoms with Crippen molar-refractivity contribution in [3.8, 4) is 5.75 Å². The zero-order valence-electron chi connectivity index (χ0n) is 15.9. The van der Waals surface area contributed by atoms with Gasteiger partial charge in [0.2, 0.25) is 15.9 Å². The number of halogens is 2. The maximum Gasteiger partial charge on any atom is 0.243 e. The Kier molecular flexibility index (Phi) is 7.05. The minimum absolute atomic E-state index is 0.126. The van der Waals surface area contributed by atoms with E-state index in [1.54, 1.807) is 12.1 Å². The van der Waals surface area contributed by atoms with Crippen LogP contribution >= 0.6 is 23.2 Å². The summed E-state index contributed by atoms with van der Waals surface area (Å²) in [7, 11) is -3.76. The van der Waals surface area contributed by atoms with E-state index in [9.17, 15) is 13.2 Å². The maximum absolute atomic E-state index is 12.9. The summed E-state index contributed by atoms with van der Waals surface area (Å²) < 4.78 is 32.6. The lowest BCUT2D eigenvalue weighted by atomic mass is 10.2. The number of nitrogens with one attached hydrogen (secondary N) is 1. The SMILES string of the molecule is Cc1ccc(OCCNC(=O)C2CCCN2S(=O)(=O)c2ccc(Cl)cc2)cc1Cl. The average Bonchev–Trinajstić information content (AvgIpc) is 3.19. The topological polar surface area (TPSA) is 75.7 Å². The number of sulfonamides is 1. The van der Waals surface area contributed by atoms with Gasteiger partial charge in [0.15, 0.2) is 0 Å². The second kappa shape index (κ2) is 9.34. The van der Waals surface area contributed by atoms with E-state index in [1.165, 1.54) is 28.6 Å². The summed E-state index contributed by atoms with van der Waals surface area (Å²) in [4.78, 5) is 12.7. The smallest absolute Gasteiger partial charge is 0.243 e. The number of aryl methyl sites for hydroxylation is 1. The number of rotatable bonds is 7. The van der Waals surface area contributed by atoms with Crippen LogP contribution < -0.4 is 10.1 Å². The number of carbonyl (C=O) groups is 1. The molecular weight excluding hydrogens is 435 g/mol. The van der Waals surface area contributed by atoms with E-state index in [-0.39, 0.29) is 24.0 Å².